The SMILES string of the molecule is Cc1ccc(-c2nccc(-c3cc4c([nH]3)CCNC4=O)n2)c(O)c1. The molecule has 0 atom stereocenters. The van der Waals surface area contributed by atoms with E-state index in [2.05, 4.69) is 20.3 Å². The van der Waals surface area contributed by atoms with Crippen LogP contribution in [0.5, 0.6) is 5.75 Å². The molecule has 0 saturated carbocycles. The van der Waals surface area contributed by atoms with E-state index in [0.29, 0.717) is 29.2 Å². The zero-order valence-corrected chi connectivity index (χ0v) is 13.1. The van der Waals surface area contributed by atoms with Crippen LogP contribution in [0.1, 0.15) is 21.6 Å². The highest BCUT2D eigenvalue weighted by molar-refractivity contribution is 5.97. The number of aromatic amines is 1. The maximum Gasteiger partial charge on any atom is 0.253 e. The van der Waals surface area contributed by atoms with Crippen molar-refractivity contribution in [3.05, 3.63) is 53.3 Å². The second-order valence-corrected chi connectivity index (χ2v) is 5.87. The number of carbonyl (C=O) groups excluding carboxylic acids is 1. The van der Waals surface area contributed by atoms with Crippen molar-refractivity contribution in [3.8, 4) is 28.5 Å². The molecule has 120 valence electrons. The predicted molar refractivity (Wildman–Crippen MR) is 89.7 cm³/mol. The number of hydrogen-bond donors (Lipinski definition) is 3. The number of H-pyrrole nitrogens is 1. The van der Waals surface area contributed by atoms with E-state index in [1.807, 2.05) is 19.1 Å². The van der Waals surface area contributed by atoms with Crippen molar-refractivity contribution in [1.29, 1.82) is 0 Å². The third-order valence-corrected chi connectivity index (χ3v) is 4.13. The van der Waals surface area contributed by atoms with Gasteiger partial charge in [-0.3, -0.25) is 4.79 Å². The van der Waals surface area contributed by atoms with E-state index >= 15 is 0 Å². The van der Waals surface area contributed by atoms with Gasteiger partial charge in [0.25, 0.3) is 5.91 Å². The normalized spacial score (nSPS) is 13.5. The molecule has 0 fully saturated rings. The Labute approximate surface area is 138 Å². The molecule has 3 heterocycles. The lowest BCUT2D eigenvalue weighted by molar-refractivity contribution is 0.0946. The topological polar surface area (TPSA) is 90.9 Å². The summed E-state index contributed by atoms with van der Waals surface area (Å²) in [5, 5.41) is 13.0. The molecule has 3 aromatic rings. The van der Waals surface area contributed by atoms with Crippen LogP contribution < -0.4 is 5.32 Å². The standard InChI is InChI=1S/C18H16N4O2/c1-10-2-3-11(16(23)8-10)17-19-6-5-14(22-17)15-9-12-13(21-15)4-7-20-18(12)24/h2-3,5-6,8-9,21,23H,4,7H2,1H3,(H,20,24). The third-order valence-electron chi connectivity index (χ3n) is 4.13. The minimum Gasteiger partial charge on any atom is -0.507 e. The molecule has 0 saturated heterocycles. The van der Waals surface area contributed by atoms with Gasteiger partial charge in [0.1, 0.15) is 5.75 Å². The van der Waals surface area contributed by atoms with E-state index in [1.165, 1.54) is 0 Å². The number of benzene rings is 1. The molecule has 1 aromatic carbocycles. The predicted octanol–water partition coefficient (Wildman–Crippen LogP) is 2.44. The summed E-state index contributed by atoms with van der Waals surface area (Å²) in [5.41, 5.74) is 4.59. The molecule has 24 heavy (non-hydrogen) atoms. The van der Waals surface area contributed by atoms with Crippen molar-refractivity contribution >= 4 is 5.91 Å². The van der Waals surface area contributed by atoms with Crippen LogP contribution in [0.3, 0.4) is 0 Å². The fourth-order valence-electron chi connectivity index (χ4n) is 2.90. The van der Waals surface area contributed by atoms with Gasteiger partial charge in [0.15, 0.2) is 5.82 Å². The first kappa shape index (κ1) is 14.4. The summed E-state index contributed by atoms with van der Waals surface area (Å²) in [6, 6.07) is 8.98. The number of rotatable bonds is 2. The molecule has 2 aromatic heterocycles. The average Bonchev–Trinajstić information content (AvgIpc) is 3.01. The van der Waals surface area contributed by atoms with Gasteiger partial charge in [0.05, 0.1) is 22.5 Å². The van der Waals surface area contributed by atoms with Gasteiger partial charge in [-0.15, -0.1) is 0 Å². The van der Waals surface area contributed by atoms with Gasteiger partial charge in [0.2, 0.25) is 0 Å². The van der Waals surface area contributed by atoms with Crippen LogP contribution in [0, 0.1) is 6.92 Å². The van der Waals surface area contributed by atoms with Crippen molar-refractivity contribution in [2.45, 2.75) is 13.3 Å². The van der Waals surface area contributed by atoms with Gasteiger partial charge >= 0.3 is 0 Å². The minimum atomic E-state index is -0.0655. The summed E-state index contributed by atoms with van der Waals surface area (Å²) >= 11 is 0. The number of aromatic hydroxyl groups is 1. The quantitative estimate of drug-likeness (QED) is 0.676. The highest BCUT2D eigenvalue weighted by atomic mass is 16.3. The number of aromatic nitrogens is 3. The first-order valence-corrected chi connectivity index (χ1v) is 7.75. The molecule has 0 spiro atoms. The fourth-order valence-corrected chi connectivity index (χ4v) is 2.90. The summed E-state index contributed by atoms with van der Waals surface area (Å²) in [7, 11) is 0. The Morgan fingerprint density at radius 2 is 2.04 bits per heavy atom. The van der Waals surface area contributed by atoms with Crippen molar-refractivity contribution in [1.82, 2.24) is 20.3 Å². The molecule has 0 bridgehead atoms. The second-order valence-electron chi connectivity index (χ2n) is 5.87. The number of aryl methyl sites for hydroxylation is 1. The molecule has 0 radical (unpaired) electrons. The molecule has 4 rings (SSSR count). The van der Waals surface area contributed by atoms with Gasteiger partial charge in [-0.1, -0.05) is 6.07 Å². The van der Waals surface area contributed by atoms with Crippen molar-refractivity contribution < 1.29 is 9.90 Å². The lowest BCUT2D eigenvalue weighted by Gasteiger charge is -2.10. The van der Waals surface area contributed by atoms with Gasteiger partial charge < -0.3 is 15.4 Å². The lowest BCUT2D eigenvalue weighted by Crippen LogP contribution is -2.31. The molecule has 1 aliphatic heterocycles. The van der Waals surface area contributed by atoms with Gasteiger partial charge in [0, 0.05) is 24.9 Å². The molecule has 6 nitrogen and oxygen atoms in total. The van der Waals surface area contributed by atoms with Crippen LogP contribution in [0.4, 0.5) is 0 Å². The molecule has 0 unspecified atom stereocenters. The van der Waals surface area contributed by atoms with Crippen molar-refractivity contribution in [2.24, 2.45) is 0 Å². The Balaban J connectivity index is 1.77. The van der Waals surface area contributed by atoms with Gasteiger partial charge in [-0.25, -0.2) is 9.97 Å². The molecule has 1 aliphatic rings. The maximum absolute atomic E-state index is 11.9. The van der Waals surface area contributed by atoms with Crippen LogP contribution in [0.15, 0.2) is 36.5 Å². The van der Waals surface area contributed by atoms with E-state index in [9.17, 15) is 9.90 Å². The Bertz CT molecular complexity index is 946. The highest BCUT2D eigenvalue weighted by Gasteiger charge is 2.20. The summed E-state index contributed by atoms with van der Waals surface area (Å²) in [4.78, 5) is 24.0. The molecule has 3 N–H and O–H groups in total. The zero-order valence-electron chi connectivity index (χ0n) is 13.1. The number of carbonyl (C=O) groups is 1. The number of hydrogen-bond acceptors (Lipinski definition) is 4. The monoisotopic (exact) mass is 320 g/mol. The first-order chi connectivity index (χ1) is 11.6. The smallest absolute Gasteiger partial charge is 0.253 e. The number of fused-ring (bicyclic) bond motifs is 1. The van der Waals surface area contributed by atoms with Gasteiger partial charge in [-0.2, -0.15) is 0 Å². The maximum atomic E-state index is 11.9. The third kappa shape index (κ3) is 2.42. The highest BCUT2D eigenvalue weighted by Crippen LogP contribution is 2.29. The Hall–Kier alpha value is -3.15. The molecule has 0 aliphatic carbocycles. The average molecular weight is 320 g/mol. The van der Waals surface area contributed by atoms with Crippen LogP contribution in [0.25, 0.3) is 22.8 Å². The number of nitrogens with one attached hydrogen (secondary N) is 2. The zero-order chi connectivity index (χ0) is 16.7. The fraction of sp³-hybridized carbons (Fsp3) is 0.167. The Morgan fingerprint density at radius 3 is 2.83 bits per heavy atom. The number of phenolic OH excluding ortho intramolecular Hbond substituents is 1. The largest absolute Gasteiger partial charge is 0.507 e. The van der Waals surface area contributed by atoms with E-state index in [-0.39, 0.29) is 11.7 Å². The van der Waals surface area contributed by atoms with E-state index < -0.39 is 0 Å². The molecular formula is C18H16N4O2. The minimum absolute atomic E-state index is 0.0655. The molecule has 6 heteroatoms. The van der Waals surface area contributed by atoms with E-state index in [4.69, 9.17) is 0 Å². The van der Waals surface area contributed by atoms with Crippen LogP contribution in [0.2, 0.25) is 0 Å². The van der Waals surface area contributed by atoms with Crippen molar-refractivity contribution in [3.63, 3.8) is 0 Å². The summed E-state index contributed by atoms with van der Waals surface area (Å²) in [6.45, 7) is 2.55. The molecule has 1 amide bonds. The summed E-state index contributed by atoms with van der Waals surface area (Å²) in [6.07, 6.45) is 2.43. The molecular weight excluding hydrogens is 304 g/mol. The number of amides is 1. The summed E-state index contributed by atoms with van der Waals surface area (Å²) in [5.74, 6) is 0.531. The van der Waals surface area contributed by atoms with E-state index in [1.54, 1.807) is 24.4 Å². The van der Waals surface area contributed by atoms with Crippen LogP contribution >= 0.6 is 0 Å². The van der Waals surface area contributed by atoms with Crippen LogP contribution in [-0.4, -0.2) is 32.5 Å². The van der Waals surface area contributed by atoms with Gasteiger partial charge in [-0.05, 0) is 36.8 Å². The summed E-state index contributed by atoms with van der Waals surface area (Å²) < 4.78 is 0. The Morgan fingerprint density at radius 1 is 1.17 bits per heavy atom. The first-order valence-electron chi connectivity index (χ1n) is 7.75. The Kier molecular flexibility index (Phi) is 3.30. The van der Waals surface area contributed by atoms with Crippen LogP contribution in [-0.2, 0) is 6.42 Å². The lowest BCUT2D eigenvalue weighted by atomic mass is 10.1. The second kappa shape index (κ2) is 5.49. The van der Waals surface area contributed by atoms with Crippen molar-refractivity contribution in [2.75, 3.05) is 6.54 Å². The van der Waals surface area contributed by atoms with E-state index in [0.717, 1.165) is 23.4 Å². The number of nitrogens with zero attached hydrogens (tertiary/aromatic N) is 2. The number of phenols is 1.